The van der Waals surface area contributed by atoms with Crippen LogP contribution in [0.5, 0.6) is 0 Å². The molecule has 0 N–H and O–H groups in total. The zero-order valence-electron chi connectivity index (χ0n) is 6.97. The van der Waals surface area contributed by atoms with Gasteiger partial charge in [-0.3, -0.25) is 0 Å². The lowest BCUT2D eigenvalue weighted by atomic mass is 10.0. The molecule has 0 saturated carbocycles. The Morgan fingerprint density at radius 2 is 2.10 bits per heavy atom. The molecule has 1 saturated heterocycles. The Hall–Kier alpha value is -0.110. The van der Waals surface area contributed by atoms with Crippen LogP contribution in [-0.4, -0.2) is 30.7 Å². The fourth-order valence-electron chi connectivity index (χ4n) is 1.75. The first kappa shape index (κ1) is 7.99. The van der Waals surface area contributed by atoms with Gasteiger partial charge in [-0.05, 0) is 19.4 Å². The van der Waals surface area contributed by atoms with Gasteiger partial charge in [-0.1, -0.05) is 13.8 Å². The average Bonchev–Trinajstić information content (AvgIpc) is 2.10. The average molecular weight is 145 g/mol. The summed E-state index contributed by atoms with van der Waals surface area (Å²) in [7, 11) is 2.00. The maximum Gasteiger partial charge on any atom is 0.114 e. The molecular formula is C8H16FN. The smallest absolute Gasteiger partial charge is 0.114 e. The number of halogens is 1. The number of alkyl halides is 1. The van der Waals surface area contributed by atoms with Gasteiger partial charge < -0.3 is 4.90 Å². The predicted molar refractivity (Wildman–Crippen MR) is 40.8 cm³/mol. The second kappa shape index (κ2) is 2.87. The van der Waals surface area contributed by atoms with Crippen LogP contribution in [0.2, 0.25) is 0 Å². The molecule has 0 radical (unpaired) electrons. The highest BCUT2D eigenvalue weighted by molar-refractivity contribution is 4.84. The molecule has 1 aliphatic heterocycles. The van der Waals surface area contributed by atoms with E-state index in [-0.39, 0.29) is 0 Å². The molecule has 2 atom stereocenters. The van der Waals surface area contributed by atoms with Gasteiger partial charge >= 0.3 is 0 Å². The van der Waals surface area contributed by atoms with Gasteiger partial charge in [0.25, 0.3) is 0 Å². The van der Waals surface area contributed by atoms with Crippen molar-refractivity contribution >= 4 is 0 Å². The van der Waals surface area contributed by atoms with E-state index in [0.29, 0.717) is 18.5 Å². The van der Waals surface area contributed by atoms with Crippen LogP contribution >= 0.6 is 0 Å². The lowest BCUT2D eigenvalue weighted by Crippen LogP contribution is -2.29. The molecule has 0 amide bonds. The Morgan fingerprint density at radius 3 is 2.30 bits per heavy atom. The highest BCUT2D eigenvalue weighted by Gasteiger charge is 2.30. The third-order valence-electron chi connectivity index (χ3n) is 2.32. The lowest BCUT2D eigenvalue weighted by molar-refractivity contribution is 0.248. The molecule has 0 aromatic heterocycles. The number of hydrogen-bond donors (Lipinski definition) is 0. The molecular weight excluding hydrogens is 129 g/mol. The van der Waals surface area contributed by atoms with Crippen molar-refractivity contribution in [3.05, 3.63) is 0 Å². The maximum absolute atomic E-state index is 12.7. The van der Waals surface area contributed by atoms with Gasteiger partial charge in [-0.2, -0.15) is 0 Å². The summed E-state index contributed by atoms with van der Waals surface area (Å²) in [5.74, 6) is 0.589. The van der Waals surface area contributed by atoms with Crippen molar-refractivity contribution in [2.45, 2.75) is 32.5 Å². The summed E-state index contributed by atoms with van der Waals surface area (Å²) < 4.78 is 12.7. The van der Waals surface area contributed by atoms with E-state index in [0.717, 1.165) is 6.42 Å². The summed E-state index contributed by atoms with van der Waals surface area (Å²) in [5, 5.41) is 0. The molecule has 0 spiro atoms. The van der Waals surface area contributed by atoms with Crippen molar-refractivity contribution in [2.24, 2.45) is 5.92 Å². The molecule has 0 unspecified atom stereocenters. The minimum atomic E-state index is -0.586. The summed E-state index contributed by atoms with van der Waals surface area (Å²) in [6.07, 6.45) is 0.145. The van der Waals surface area contributed by atoms with Crippen molar-refractivity contribution < 1.29 is 4.39 Å². The molecule has 1 aliphatic rings. The first-order valence-corrected chi connectivity index (χ1v) is 3.95. The van der Waals surface area contributed by atoms with Crippen LogP contribution in [0.25, 0.3) is 0 Å². The fourth-order valence-corrected chi connectivity index (χ4v) is 1.75. The SMILES string of the molecule is CC(C)[C@@H]1C[C@H](F)CN1C. The normalized spacial score (nSPS) is 35.7. The van der Waals surface area contributed by atoms with Crippen LogP contribution in [0.4, 0.5) is 4.39 Å². The van der Waals surface area contributed by atoms with E-state index in [1.165, 1.54) is 0 Å². The first-order valence-electron chi connectivity index (χ1n) is 3.95. The molecule has 0 aromatic rings. The summed E-state index contributed by atoms with van der Waals surface area (Å²) in [5.41, 5.74) is 0. The molecule has 0 bridgehead atoms. The second-order valence-electron chi connectivity index (χ2n) is 3.58. The van der Waals surface area contributed by atoms with Gasteiger partial charge in [0.1, 0.15) is 6.17 Å². The van der Waals surface area contributed by atoms with Gasteiger partial charge in [0.05, 0.1) is 0 Å². The number of hydrogen-bond acceptors (Lipinski definition) is 1. The minimum absolute atomic E-state index is 0.468. The highest BCUT2D eigenvalue weighted by atomic mass is 19.1. The molecule has 1 nitrogen and oxygen atoms in total. The molecule has 10 heavy (non-hydrogen) atoms. The summed E-state index contributed by atoms with van der Waals surface area (Å²) in [4.78, 5) is 2.12. The minimum Gasteiger partial charge on any atom is -0.300 e. The third-order valence-corrected chi connectivity index (χ3v) is 2.32. The molecule has 0 aromatic carbocycles. The summed E-state index contributed by atoms with van der Waals surface area (Å²) in [6, 6.07) is 0.468. The number of likely N-dealkylation sites (tertiary alicyclic amines) is 1. The zero-order valence-corrected chi connectivity index (χ0v) is 6.97. The topological polar surface area (TPSA) is 3.24 Å². The monoisotopic (exact) mass is 145 g/mol. The Kier molecular flexibility index (Phi) is 2.29. The van der Waals surface area contributed by atoms with E-state index in [1.807, 2.05) is 7.05 Å². The van der Waals surface area contributed by atoms with Crippen molar-refractivity contribution in [3.8, 4) is 0 Å². The van der Waals surface area contributed by atoms with Crippen LogP contribution in [-0.2, 0) is 0 Å². The summed E-state index contributed by atoms with van der Waals surface area (Å²) >= 11 is 0. The molecule has 1 fully saturated rings. The Bertz CT molecular complexity index is 114. The van der Waals surface area contributed by atoms with Gasteiger partial charge in [-0.25, -0.2) is 4.39 Å². The largest absolute Gasteiger partial charge is 0.300 e. The van der Waals surface area contributed by atoms with Crippen LogP contribution in [0.1, 0.15) is 20.3 Å². The second-order valence-corrected chi connectivity index (χ2v) is 3.58. The zero-order chi connectivity index (χ0) is 7.72. The van der Waals surface area contributed by atoms with Crippen LogP contribution < -0.4 is 0 Å². The van der Waals surface area contributed by atoms with E-state index < -0.39 is 6.17 Å². The van der Waals surface area contributed by atoms with Crippen molar-refractivity contribution in [1.82, 2.24) is 4.90 Å². The molecule has 1 heterocycles. The van der Waals surface area contributed by atoms with Gasteiger partial charge in [0.15, 0.2) is 0 Å². The Balaban J connectivity index is 2.46. The van der Waals surface area contributed by atoms with E-state index >= 15 is 0 Å². The van der Waals surface area contributed by atoms with Crippen LogP contribution in [0.15, 0.2) is 0 Å². The molecule has 2 heteroatoms. The van der Waals surface area contributed by atoms with Crippen molar-refractivity contribution in [3.63, 3.8) is 0 Å². The molecule has 0 aliphatic carbocycles. The number of rotatable bonds is 1. The van der Waals surface area contributed by atoms with Crippen LogP contribution in [0.3, 0.4) is 0 Å². The van der Waals surface area contributed by atoms with E-state index in [2.05, 4.69) is 18.7 Å². The number of nitrogens with zero attached hydrogens (tertiary/aromatic N) is 1. The van der Waals surface area contributed by atoms with Crippen molar-refractivity contribution in [2.75, 3.05) is 13.6 Å². The summed E-state index contributed by atoms with van der Waals surface area (Å²) in [6.45, 7) is 4.93. The quantitative estimate of drug-likeness (QED) is 0.542. The fraction of sp³-hybridized carbons (Fsp3) is 1.00. The Labute approximate surface area is 62.2 Å². The molecule has 60 valence electrons. The van der Waals surface area contributed by atoms with Gasteiger partial charge in [0.2, 0.25) is 0 Å². The van der Waals surface area contributed by atoms with Gasteiger partial charge in [0, 0.05) is 12.6 Å². The van der Waals surface area contributed by atoms with E-state index in [1.54, 1.807) is 0 Å². The van der Waals surface area contributed by atoms with Crippen LogP contribution in [0, 0.1) is 5.92 Å². The predicted octanol–water partition coefficient (Wildman–Crippen LogP) is 1.68. The first-order chi connectivity index (χ1) is 4.61. The highest BCUT2D eigenvalue weighted by Crippen LogP contribution is 2.23. The van der Waals surface area contributed by atoms with Gasteiger partial charge in [-0.15, -0.1) is 0 Å². The van der Waals surface area contributed by atoms with E-state index in [4.69, 9.17) is 0 Å². The maximum atomic E-state index is 12.7. The van der Waals surface area contributed by atoms with E-state index in [9.17, 15) is 4.39 Å². The third kappa shape index (κ3) is 1.48. The standard InChI is InChI=1S/C8H16FN/c1-6(2)8-4-7(9)5-10(8)3/h6-8H,4-5H2,1-3H3/t7-,8-/m0/s1. The Morgan fingerprint density at radius 1 is 1.50 bits per heavy atom. The van der Waals surface area contributed by atoms with Crippen molar-refractivity contribution in [1.29, 1.82) is 0 Å². The lowest BCUT2D eigenvalue weighted by Gasteiger charge is -2.22. The molecule has 1 rings (SSSR count).